The van der Waals surface area contributed by atoms with Crippen LogP contribution >= 0.6 is 11.3 Å². The van der Waals surface area contributed by atoms with Gasteiger partial charge in [-0.05, 0) is 44.5 Å². The number of nitrogens with one attached hydrogen (secondary N) is 2. The number of hydrogen-bond acceptors (Lipinski definition) is 4. The molecule has 0 spiro atoms. The molecule has 24 heavy (non-hydrogen) atoms. The summed E-state index contributed by atoms with van der Waals surface area (Å²) >= 11 is 1.76. The van der Waals surface area contributed by atoms with Crippen LogP contribution in [-0.4, -0.2) is 23.3 Å². The molecule has 0 bridgehead atoms. The van der Waals surface area contributed by atoms with Gasteiger partial charge in [-0.3, -0.25) is 9.59 Å². The van der Waals surface area contributed by atoms with E-state index in [1.807, 2.05) is 19.1 Å². The van der Waals surface area contributed by atoms with Crippen LogP contribution in [0.4, 0.5) is 5.82 Å². The zero-order valence-electron chi connectivity index (χ0n) is 13.8. The first-order chi connectivity index (χ1) is 11.5. The highest BCUT2D eigenvalue weighted by molar-refractivity contribution is 7.12. The van der Waals surface area contributed by atoms with Crippen molar-refractivity contribution in [1.82, 2.24) is 10.3 Å². The molecule has 2 aromatic heterocycles. The summed E-state index contributed by atoms with van der Waals surface area (Å²) in [7, 11) is 0. The highest BCUT2D eigenvalue weighted by Crippen LogP contribution is 2.49. The van der Waals surface area contributed by atoms with Gasteiger partial charge in [0.05, 0.1) is 0 Å². The van der Waals surface area contributed by atoms with Crippen molar-refractivity contribution < 1.29 is 9.59 Å². The molecule has 2 N–H and O–H groups in total. The summed E-state index contributed by atoms with van der Waals surface area (Å²) in [5.41, 5.74) is 0.852. The van der Waals surface area contributed by atoms with Crippen LogP contribution in [-0.2, 0) is 9.59 Å². The number of amides is 2. The summed E-state index contributed by atoms with van der Waals surface area (Å²) in [6.07, 6.45) is 1.15. The number of pyridine rings is 1. The molecular formula is C18H21N3O2S. The van der Waals surface area contributed by atoms with Crippen LogP contribution in [0, 0.1) is 19.8 Å². The van der Waals surface area contributed by atoms with Gasteiger partial charge in [-0.1, -0.05) is 6.07 Å². The van der Waals surface area contributed by atoms with Gasteiger partial charge in [0.1, 0.15) is 5.82 Å². The van der Waals surface area contributed by atoms with E-state index >= 15 is 0 Å². The molecule has 6 heteroatoms. The third-order valence-corrected chi connectivity index (χ3v) is 5.19. The number of aryl methyl sites for hydroxylation is 2. The van der Waals surface area contributed by atoms with Crippen LogP contribution in [0.3, 0.4) is 0 Å². The molecule has 0 radical (unpaired) electrons. The summed E-state index contributed by atoms with van der Waals surface area (Å²) in [5.74, 6) is 0.863. The van der Waals surface area contributed by atoms with E-state index in [1.165, 1.54) is 9.75 Å². The SMILES string of the molecule is Cc1cccc(NC(=O)CCNC(=O)C2CC2c2ccc(C)s2)n1. The van der Waals surface area contributed by atoms with E-state index in [0.29, 0.717) is 18.3 Å². The van der Waals surface area contributed by atoms with Gasteiger partial charge < -0.3 is 10.6 Å². The Bertz CT molecular complexity index is 756. The van der Waals surface area contributed by atoms with Crippen molar-refractivity contribution in [2.24, 2.45) is 5.92 Å². The Morgan fingerprint density at radius 1 is 1.25 bits per heavy atom. The molecule has 1 saturated carbocycles. The zero-order chi connectivity index (χ0) is 17.1. The molecule has 0 aromatic carbocycles. The van der Waals surface area contributed by atoms with Crippen LogP contribution in [0.1, 0.15) is 34.2 Å². The summed E-state index contributed by atoms with van der Waals surface area (Å²) in [5, 5.41) is 5.60. The lowest BCUT2D eigenvalue weighted by Gasteiger charge is -2.06. The summed E-state index contributed by atoms with van der Waals surface area (Å²) in [6, 6.07) is 9.68. The Balaban J connectivity index is 1.39. The molecule has 2 amide bonds. The molecule has 2 unspecified atom stereocenters. The number of carbonyl (C=O) groups excluding carboxylic acids is 2. The number of thiophene rings is 1. The molecule has 2 aromatic rings. The quantitative estimate of drug-likeness (QED) is 0.847. The molecule has 1 fully saturated rings. The summed E-state index contributed by atoms with van der Waals surface area (Å²) in [4.78, 5) is 30.8. The summed E-state index contributed by atoms with van der Waals surface area (Å²) < 4.78 is 0. The monoisotopic (exact) mass is 343 g/mol. The fourth-order valence-corrected chi connectivity index (χ4v) is 3.76. The average molecular weight is 343 g/mol. The molecule has 126 valence electrons. The Kier molecular flexibility index (Phi) is 4.94. The number of rotatable bonds is 6. The fourth-order valence-electron chi connectivity index (χ4n) is 2.70. The minimum atomic E-state index is -0.144. The number of anilines is 1. The number of aromatic nitrogens is 1. The molecule has 1 aliphatic rings. The lowest BCUT2D eigenvalue weighted by molar-refractivity contribution is -0.122. The van der Waals surface area contributed by atoms with Gasteiger partial charge >= 0.3 is 0 Å². The zero-order valence-corrected chi connectivity index (χ0v) is 14.7. The first-order valence-corrected chi connectivity index (χ1v) is 8.92. The molecule has 2 heterocycles. The van der Waals surface area contributed by atoms with Crippen molar-refractivity contribution in [2.45, 2.75) is 32.6 Å². The highest BCUT2D eigenvalue weighted by Gasteiger charge is 2.44. The first-order valence-electron chi connectivity index (χ1n) is 8.10. The van der Waals surface area contributed by atoms with Crippen molar-refractivity contribution in [2.75, 3.05) is 11.9 Å². The maximum absolute atomic E-state index is 12.1. The first kappa shape index (κ1) is 16.6. The van der Waals surface area contributed by atoms with E-state index < -0.39 is 0 Å². The van der Waals surface area contributed by atoms with Gasteiger partial charge in [0, 0.05) is 40.2 Å². The van der Waals surface area contributed by atoms with Gasteiger partial charge in [0.15, 0.2) is 0 Å². The molecule has 3 rings (SSSR count). The smallest absolute Gasteiger partial charge is 0.227 e. The standard InChI is InChI=1S/C18H21N3O2S/c1-11-4-3-5-16(20-11)21-17(22)8-9-19-18(23)14-10-13(14)15-7-6-12(2)24-15/h3-7,13-14H,8-10H2,1-2H3,(H,19,23)(H,20,21,22). The van der Waals surface area contributed by atoms with Crippen molar-refractivity contribution in [3.05, 3.63) is 45.8 Å². The second-order valence-electron chi connectivity index (χ2n) is 6.15. The number of nitrogens with zero attached hydrogens (tertiary/aromatic N) is 1. The predicted octanol–water partition coefficient (Wildman–Crippen LogP) is 3.01. The summed E-state index contributed by atoms with van der Waals surface area (Å²) in [6.45, 7) is 4.30. The van der Waals surface area contributed by atoms with E-state index in [-0.39, 0.29) is 24.2 Å². The largest absolute Gasteiger partial charge is 0.355 e. The Labute approximate surface area is 145 Å². The molecule has 0 aliphatic heterocycles. The highest BCUT2D eigenvalue weighted by atomic mass is 32.1. The maximum atomic E-state index is 12.1. The van der Waals surface area contributed by atoms with E-state index in [9.17, 15) is 9.59 Å². The van der Waals surface area contributed by atoms with E-state index in [2.05, 4.69) is 34.7 Å². The average Bonchev–Trinajstić information content (AvgIpc) is 3.22. The second kappa shape index (κ2) is 7.13. The Morgan fingerprint density at radius 2 is 2.08 bits per heavy atom. The molecule has 5 nitrogen and oxygen atoms in total. The maximum Gasteiger partial charge on any atom is 0.227 e. The van der Waals surface area contributed by atoms with Gasteiger partial charge in [-0.2, -0.15) is 0 Å². The lowest BCUT2D eigenvalue weighted by Crippen LogP contribution is -2.29. The minimum Gasteiger partial charge on any atom is -0.355 e. The van der Waals surface area contributed by atoms with Crippen molar-refractivity contribution in [3.63, 3.8) is 0 Å². The van der Waals surface area contributed by atoms with Gasteiger partial charge in [0.2, 0.25) is 11.8 Å². The van der Waals surface area contributed by atoms with E-state index in [0.717, 1.165) is 12.1 Å². The van der Waals surface area contributed by atoms with Gasteiger partial charge in [-0.25, -0.2) is 4.98 Å². The van der Waals surface area contributed by atoms with Crippen molar-refractivity contribution >= 4 is 29.0 Å². The lowest BCUT2D eigenvalue weighted by atomic mass is 10.2. The van der Waals surface area contributed by atoms with Crippen LogP contribution in [0.2, 0.25) is 0 Å². The van der Waals surface area contributed by atoms with Crippen molar-refractivity contribution in [1.29, 1.82) is 0 Å². The normalized spacial score (nSPS) is 18.9. The Morgan fingerprint density at radius 3 is 2.79 bits per heavy atom. The van der Waals surface area contributed by atoms with E-state index in [4.69, 9.17) is 0 Å². The third-order valence-electron chi connectivity index (χ3n) is 4.06. The minimum absolute atomic E-state index is 0.0486. The molecule has 1 aliphatic carbocycles. The topological polar surface area (TPSA) is 71.1 Å². The van der Waals surface area contributed by atoms with Crippen LogP contribution < -0.4 is 10.6 Å². The van der Waals surface area contributed by atoms with Crippen LogP contribution in [0.25, 0.3) is 0 Å². The number of hydrogen-bond donors (Lipinski definition) is 2. The molecule has 2 atom stereocenters. The third kappa shape index (κ3) is 4.20. The van der Waals surface area contributed by atoms with Crippen LogP contribution in [0.5, 0.6) is 0 Å². The second-order valence-corrected chi connectivity index (χ2v) is 7.47. The van der Waals surface area contributed by atoms with Gasteiger partial charge in [0.25, 0.3) is 0 Å². The number of carbonyl (C=O) groups is 2. The van der Waals surface area contributed by atoms with E-state index in [1.54, 1.807) is 17.4 Å². The van der Waals surface area contributed by atoms with Gasteiger partial charge in [-0.15, -0.1) is 11.3 Å². The fraction of sp³-hybridized carbons (Fsp3) is 0.389. The van der Waals surface area contributed by atoms with Crippen molar-refractivity contribution in [3.8, 4) is 0 Å². The molecule has 0 saturated heterocycles. The van der Waals surface area contributed by atoms with Crippen LogP contribution in [0.15, 0.2) is 30.3 Å². The molecular weight excluding hydrogens is 322 g/mol. The predicted molar refractivity (Wildman–Crippen MR) is 95.1 cm³/mol. The Hall–Kier alpha value is -2.21.